The Bertz CT molecular complexity index is 1210. The van der Waals surface area contributed by atoms with Gasteiger partial charge in [-0.1, -0.05) is 54.1 Å². The Labute approximate surface area is 192 Å². The normalized spacial score (nSPS) is 11.0. The summed E-state index contributed by atoms with van der Waals surface area (Å²) in [6.07, 6.45) is 2.35. The minimum Gasteiger partial charge on any atom is -0.441 e. The smallest absolute Gasteiger partial charge is 0.220 e. The number of amides is 1. The number of benzene rings is 2. The van der Waals surface area contributed by atoms with Gasteiger partial charge in [-0.25, -0.2) is 4.98 Å². The summed E-state index contributed by atoms with van der Waals surface area (Å²) in [4.78, 5) is 16.7. The van der Waals surface area contributed by atoms with Crippen molar-refractivity contribution in [2.75, 3.05) is 0 Å². The third kappa shape index (κ3) is 5.08. The van der Waals surface area contributed by atoms with Gasteiger partial charge in [0.2, 0.25) is 5.91 Å². The summed E-state index contributed by atoms with van der Waals surface area (Å²) >= 11 is 6.21. The maximum absolute atomic E-state index is 12.4. The second kappa shape index (κ2) is 9.83. The fourth-order valence-corrected chi connectivity index (χ4v) is 3.84. The molecule has 0 fully saturated rings. The van der Waals surface area contributed by atoms with Crippen molar-refractivity contribution in [2.45, 2.75) is 39.8 Å². The van der Waals surface area contributed by atoms with Crippen LogP contribution in [0.1, 0.15) is 34.8 Å². The number of hydrogen-bond donors (Lipinski definition) is 1. The van der Waals surface area contributed by atoms with Crippen molar-refractivity contribution < 1.29 is 9.21 Å². The first-order valence-electron chi connectivity index (χ1n) is 10.5. The number of rotatable bonds is 8. The van der Waals surface area contributed by atoms with Crippen LogP contribution in [-0.2, 0) is 24.3 Å². The van der Waals surface area contributed by atoms with E-state index in [2.05, 4.69) is 27.5 Å². The van der Waals surface area contributed by atoms with Gasteiger partial charge in [-0.05, 0) is 31.5 Å². The Balaban J connectivity index is 1.32. The summed E-state index contributed by atoms with van der Waals surface area (Å²) in [5.41, 5.74) is 5.01. The summed E-state index contributed by atoms with van der Waals surface area (Å²) in [5, 5.41) is 8.24. The van der Waals surface area contributed by atoms with Crippen molar-refractivity contribution in [1.29, 1.82) is 0 Å². The van der Waals surface area contributed by atoms with Crippen LogP contribution in [0.15, 0.2) is 65.2 Å². The van der Waals surface area contributed by atoms with Crippen LogP contribution in [0, 0.1) is 13.8 Å². The molecule has 2 aromatic carbocycles. The van der Waals surface area contributed by atoms with Crippen molar-refractivity contribution >= 4 is 17.5 Å². The summed E-state index contributed by atoms with van der Waals surface area (Å²) in [6, 6.07) is 17.6. The molecule has 0 saturated carbocycles. The summed E-state index contributed by atoms with van der Waals surface area (Å²) in [7, 11) is 0. The molecule has 0 bridgehead atoms. The molecule has 0 unspecified atom stereocenters. The van der Waals surface area contributed by atoms with Crippen LogP contribution in [0.5, 0.6) is 0 Å². The van der Waals surface area contributed by atoms with E-state index in [0.29, 0.717) is 42.6 Å². The standard InChI is InChI=1S/C25H25ClN4O2/c1-17-21(18(2)30(29-17)16-19-8-4-3-5-9-19)14-27-24(31)12-13-25-28-15-23(32-25)20-10-6-7-11-22(20)26/h3-11,15H,12-14,16H2,1-2H3,(H,27,31). The summed E-state index contributed by atoms with van der Waals surface area (Å²) in [5.74, 6) is 1.05. The molecule has 164 valence electrons. The molecule has 2 aromatic heterocycles. The SMILES string of the molecule is Cc1nn(Cc2ccccc2)c(C)c1CNC(=O)CCc1ncc(-c2ccccc2Cl)o1. The minimum absolute atomic E-state index is 0.0582. The Morgan fingerprint density at radius 3 is 2.62 bits per heavy atom. The van der Waals surface area contributed by atoms with Crippen LogP contribution < -0.4 is 5.32 Å². The van der Waals surface area contributed by atoms with Gasteiger partial charge < -0.3 is 9.73 Å². The van der Waals surface area contributed by atoms with Gasteiger partial charge in [0.15, 0.2) is 11.7 Å². The highest BCUT2D eigenvalue weighted by molar-refractivity contribution is 6.33. The molecule has 7 heteroatoms. The molecule has 0 aliphatic rings. The van der Waals surface area contributed by atoms with Gasteiger partial charge in [-0.2, -0.15) is 5.10 Å². The number of nitrogens with zero attached hydrogens (tertiary/aromatic N) is 3. The third-order valence-electron chi connectivity index (χ3n) is 5.43. The Hall–Kier alpha value is -3.38. The molecule has 0 spiro atoms. The fourth-order valence-electron chi connectivity index (χ4n) is 3.61. The van der Waals surface area contributed by atoms with Crippen molar-refractivity contribution in [2.24, 2.45) is 0 Å². The van der Waals surface area contributed by atoms with E-state index in [1.165, 1.54) is 5.56 Å². The second-order valence-electron chi connectivity index (χ2n) is 7.67. The summed E-state index contributed by atoms with van der Waals surface area (Å²) in [6.45, 7) is 5.16. The lowest BCUT2D eigenvalue weighted by molar-refractivity contribution is -0.121. The first kappa shape index (κ1) is 21.8. The van der Waals surface area contributed by atoms with Crippen LogP contribution in [0.3, 0.4) is 0 Å². The molecule has 32 heavy (non-hydrogen) atoms. The molecule has 4 aromatic rings. The van der Waals surface area contributed by atoms with Gasteiger partial charge >= 0.3 is 0 Å². The van der Waals surface area contributed by atoms with E-state index in [9.17, 15) is 4.79 Å². The number of hydrogen-bond acceptors (Lipinski definition) is 4. The maximum atomic E-state index is 12.4. The second-order valence-corrected chi connectivity index (χ2v) is 8.07. The van der Waals surface area contributed by atoms with E-state index in [-0.39, 0.29) is 5.91 Å². The van der Waals surface area contributed by atoms with Crippen molar-refractivity contribution in [1.82, 2.24) is 20.1 Å². The molecule has 1 N–H and O–H groups in total. The number of carbonyl (C=O) groups is 1. The molecule has 4 rings (SSSR count). The number of carbonyl (C=O) groups excluding carboxylic acids is 1. The van der Waals surface area contributed by atoms with Gasteiger partial charge in [-0.3, -0.25) is 9.48 Å². The molecule has 0 atom stereocenters. The van der Waals surface area contributed by atoms with Crippen molar-refractivity contribution in [3.05, 3.63) is 94.2 Å². The van der Waals surface area contributed by atoms with Gasteiger partial charge in [0.25, 0.3) is 0 Å². The lowest BCUT2D eigenvalue weighted by Gasteiger charge is -2.07. The zero-order valence-corrected chi connectivity index (χ0v) is 18.9. The predicted molar refractivity (Wildman–Crippen MR) is 124 cm³/mol. The van der Waals surface area contributed by atoms with E-state index in [1.807, 2.05) is 54.9 Å². The van der Waals surface area contributed by atoms with E-state index in [1.54, 1.807) is 12.3 Å². The highest BCUT2D eigenvalue weighted by Gasteiger charge is 2.14. The largest absolute Gasteiger partial charge is 0.441 e. The molecule has 2 heterocycles. The van der Waals surface area contributed by atoms with E-state index < -0.39 is 0 Å². The average molecular weight is 449 g/mol. The minimum atomic E-state index is -0.0582. The van der Waals surface area contributed by atoms with Crippen LogP contribution in [0.4, 0.5) is 0 Å². The van der Waals surface area contributed by atoms with Crippen LogP contribution in [0.2, 0.25) is 5.02 Å². The first-order valence-corrected chi connectivity index (χ1v) is 10.9. The summed E-state index contributed by atoms with van der Waals surface area (Å²) < 4.78 is 7.75. The number of halogens is 1. The van der Waals surface area contributed by atoms with Crippen molar-refractivity contribution in [3.8, 4) is 11.3 Å². The van der Waals surface area contributed by atoms with Crippen LogP contribution in [0.25, 0.3) is 11.3 Å². The number of aromatic nitrogens is 3. The Morgan fingerprint density at radius 1 is 1.09 bits per heavy atom. The first-order chi connectivity index (χ1) is 15.5. The molecule has 0 radical (unpaired) electrons. The molecular weight excluding hydrogens is 424 g/mol. The lowest BCUT2D eigenvalue weighted by atomic mass is 10.2. The zero-order valence-electron chi connectivity index (χ0n) is 18.1. The highest BCUT2D eigenvalue weighted by atomic mass is 35.5. The van der Waals surface area contributed by atoms with Gasteiger partial charge in [0.1, 0.15) is 0 Å². The Morgan fingerprint density at radius 2 is 1.84 bits per heavy atom. The van der Waals surface area contributed by atoms with Crippen LogP contribution >= 0.6 is 11.6 Å². The van der Waals surface area contributed by atoms with E-state index in [4.69, 9.17) is 16.0 Å². The number of nitrogens with one attached hydrogen (secondary N) is 1. The zero-order chi connectivity index (χ0) is 22.5. The quantitative estimate of drug-likeness (QED) is 0.406. The third-order valence-corrected chi connectivity index (χ3v) is 5.76. The number of aryl methyl sites for hydroxylation is 2. The van der Waals surface area contributed by atoms with E-state index >= 15 is 0 Å². The predicted octanol–water partition coefficient (Wildman–Crippen LogP) is 5.11. The van der Waals surface area contributed by atoms with Gasteiger partial charge in [0, 0.05) is 36.2 Å². The highest BCUT2D eigenvalue weighted by Crippen LogP contribution is 2.28. The van der Waals surface area contributed by atoms with Crippen LogP contribution in [-0.4, -0.2) is 20.7 Å². The molecule has 0 aliphatic carbocycles. The molecular formula is C25H25ClN4O2. The van der Waals surface area contributed by atoms with Gasteiger partial charge in [-0.15, -0.1) is 0 Å². The molecule has 0 saturated heterocycles. The monoisotopic (exact) mass is 448 g/mol. The van der Waals surface area contributed by atoms with Crippen molar-refractivity contribution in [3.63, 3.8) is 0 Å². The average Bonchev–Trinajstić information content (AvgIpc) is 3.36. The number of oxazole rings is 1. The van der Waals surface area contributed by atoms with E-state index in [0.717, 1.165) is 22.5 Å². The lowest BCUT2D eigenvalue weighted by Crippen LogP contribution is -2.23. The molecule has 0 aliphatic heterocycles. The molecule has 6 nitrogen and oxygen atoms in total. The molecule has 1 amide bonds. The maximum Gasteiger partial charge on any atom is 0.220 e. The fraction of sp³-hybridized carbons (Fsp3) is 0.240. The Kier molecular flexibility index (Phi) is 6.71. The van der Waals surface area contributed by atoms with Gasteiger partial charge in [0.05, 0.1) is 23.5 Å². The topological polar surface area (TPSA) is 73.0 Å².